The van der Waals surface area contributed by atoms with E-state index in [-0.39, 0.29) is 17.9 Å². The highest BCUT2D eigenvalue weighted by Crippen LogP contribution is 2.33. The van der Waals surface area contributed by atoms with Crippen LogP contribution in [-0.4, -0.2) is 59.2 Å². The van der Waals surface area contributed by atoms with Gasteiger partial charge >= 0.3 is 6.09 Å². The fourth-order valence-electron chi connectivity index (χ4n) is 4.95. The predicted octanol–water partition coefficient (Wildman–Crippen LogP) is 4.33. The number of aromatic nitrogens is 1. The van der Waals surface area contributed by atoms with Gasteiger partial charge in [0, 0.05) is 36.4 Å². The molecule has 0 atom stereocenters. The summed E-state index contributed by atoms with van der Waals surface area (Å²) in [5.41, 5.74) is 2.36. The van der Waals surface area contributed by atoms with Crippen LogP contribution in [0.3, 0.4) is 0 Å². The monoisotopic (exact) mass is 465 g/mol. The number of amides is 2. The van der Waals surface area contributed by atoms with Crippen molar-refractivity contribution in [2.75, 3.05) is 31.5 Å². The van der Waals surface area contributed by atoms with Gasteiger partial charge in [0.1, 0.15) is 5.82 Å². The van der Waals surface area contributed by atoms with E-state index < -0.39 is 6.09 Å². The Balaban J connectivity index is 1.44. The van der Waals surface area contributed by atoms with Crippen LogP contribution < -0.4 is 16.0 Å². The van der Waals surface area contributed by atoms with Crippen LogP contribution in [-0.2, 0) is 0 Å². The molecule has 1 aromatic heterocycles. The van der Waals surface area contributed by atoms with Gasteiger partial charge in [-0.1, -0.05) is 24.6 Å². The Kier molecular flexibility index (Phi) is 8.36. The molecule has 34 heavy (non-hydrogen) atoms. The summed E-state index contributed by atoms with van der Waals surface area (Å²) in [6.45, 7) is 3.70. The zero-order chi connectivity index (χ0) is 23.8. The number of rotatable bonds is 8. The summed E-state index contributed by atoms with van der Waals surface area (Å²) in [5, 5.41) is 18.0. The van der Waals surface area contributed by atoms with E-state index in [0.29, 0.717) is 17.9 Å². The molecular weight excluding hydrogens is 430 g/mol. The second-order valence-electron chi connectivity index (χ2n) is 9.28. The highest BCUT2D eigenvalue weighted by Gasteiger charge is 2.25. The first-order chi connectivity index (χ1) is 16.6. The van der Waals surface area contributed by atoms with E-state index in [0.717, 1.165) is 56.7 Å². The van der Waals surface area contributed by atoms with Crippen molar-refractivity contribution in [1.82, 2.24) is 20.5 Å². The first-order valence-electron chi connectivity index (χ1n) is 12.4. The third-order valence-electron chi connectivity index (χ3n) is 6.83. The first-order valence-corrected chi connectivity index (χ1v) is 12.4. The second-order valence-corrected chi connectivity index (χ2v) is 9.28. The third kappa shape index (κ3) is 6.70. The summed E-state index contributed by atoms with van der Waals surface area (Å²) in [6.07, 6.45) is 6.11. The lowest BCUT2D eigenvalue weighted by molar-refractivity contribution is 0.0947. The molecule has 0 spiro atoms. The molecule has 1 aliphatic heterocycles. The molecule has 4 N–H and O–H groups in total. The van der Waals surface area contributed by atoms with Gasteiger partial charge in [0.2, 0.25) is 0 Å². The fourth-order valence-corrected chi connectivity index (χ4v) is 4.95. The van der Waals surface area contributed by atoms with E-state index in [2.05, 4.69) is 20.9 Å². The van der Waals surface area contributed by atoms with Crippen molar-refractivity contribution >= 4 is 23.5 Å². The zero-order valence-electron chi connectivity index (χ0n) is 19.6. The Hall–Kier alpha value is -3.13. The first kappa shape index (κ1) is 24.0. The molecule has 2 heterocycles. The largest absolute Gasteiger partial charge is 0.465 e. The van der Waals surface area contributed by atoms with Crippen LogP contribution in [0.2, 0.25) is 0 Å². The molecule has 4 rings (SSSR count). The number of para-hydroxylation sites is 1. The fraction of sp³-hybridized carbons (Fsp3) is 0.500. The van der Waals surface area contributed by atoms with Crippen LogP contribution in [0.5, 0.6) is 0 Å². The Labute approximate surface area is 201 Å². The average molecular weight is 466 g/mol. The number of likely N-dealkylation sites (tertiary alicyclic amines) is 1. The van der Waals surface area contributed by atoms with Gasteiger partial charge in [0.25, 0.3) is 5.91 Å². The maximum absolute atomic E-state index is 13.1. The molecule has 1 saturated heterocycles. The number of anilines is 2. The average Bonchev–Trinajstić information content (AvgIpc) is 2.85. The van der Waals surface area contributed by atoms with Crippen LogP contribution in [0.4, 0.5) is 16.3 Å². The highest BCUT2D eigenvalue weighted by molar-refractivity contribution is 5.99. The van der Waals surface area contributed by atoms with E-state index >= 15 is 0 Å². The molecule has 1 saturated carbocycles. The number of nitrogens with one attached hydrogen (secondary N) is 3. The molecule has 2 aromatic rings. The number of piperidine rings is 1. The number of pyridine rings is 1. The molecule has 1 aliphatic carbocycles. The Morgan fingerprint density at radius 2 is 1.71 bits per heavy atom. The quantitative estimate of drug-likeness (QED) is 0.462. The number of benzene rings is 1. The molecule has 8 nitrogen and oxygen atoms in total. The van der Waals surface area contributed by atoms with Gasteiger partial charge in [-0.2, -0.15) is 0 Å². The van der Waals surface area contributed by atoms with Gasteiger partial charge < -0.3 is 26.0 Å². The topological polar surface area (TPSA) is 107 Å². The van der Waals surface area contributed by atoms with E-state index in [4.69, 9.17) is 10.1 Å². The van der Waals surface area contributed by atoms with Crippen molar-refractivity contribution in [3.8, 4) is 0 Å². The lowest BCUT2D eigenvalue weighted by atomic mass is 9.84. The third-order valence-corrected chi connectivity index (χ3v) is 6.83. The molecule has 2 aliphatic rings. The van der Waals surface area contributed by atoms with E-state index in [1.807, 2.05) is 42.5 Å². The smallest absolute Gasteiger partial charge is 0.404 e. The summed E-state index contributed by atoms with van der Waals surface area (Å²) in [5.74, 6) is 0.688. The molecular formula is C26H35N5O3. The molecule has 0 bridgehead atoms. The van der Waals surface area contributed by atoms with Crippen LogP contribution >= 0.6 is 0 Å². The minimum atomic E-state index is -0.966. The van der Waals surface area contributed by atoms with E-state index in [1.54, 1.807) is 0 Å². The van der Waals surface area contributed by atoms with Crippen molar-refractivity contribution in [3.63, 3.8) is 0 Å². The molecule has 2 amide bonds. The molecule has 1 aromatic carbocycles. The van der Waals surface area contributed by atoms with Crippen molar-refractivity contribution in [2.45, 2.75) is 56.9 Å². The van der Waals surface area contributed by atoms with E-state index in [1.165, 1.54) is 19.3 Å². The SMILES string of the molecule is O=C(O)N[C@H]1CC[C@H](c2ccc(C(=O)NCCN3CCCCC3)c(Nc3ccccc3)n2)CC1. The Bertz CT molecular complexity index is 954. The lowest BCUT2D eigenvalue weighted by Crippen LogP contribution is -2.37. The summed E-state index contributed by atoms with van der Waals surface area (Å²) in [6, 6.07) is 13.6. The van der Waals surface area contributed by atoms with Crippen LogP contribution in [0.25, 0.3) is 0 Å². The van der Waals surface area contributed by atoms with Crippen molar-refractivity contribution in [2.24, 2.45) is 0 Å². The minimum Gasteiger partial charge on any atom is -0.465 e. The number of carboxylic acid groups (broad SMARTS) is 1. The zero-order valence-corrected chi connectivity index (χ0v) is 19.6. The highest BCUT2D eigenvalue weighted by atomic mass is 16.4. The van der Waals surface area contributed by atoms with Gasteiger partial charge in [-0.15, -0.1) is 0 Å². The van der Waals surface area contributed by atoms with Gasteiger partial charge in [0.05, 0.1) is 5.56 Å². The summed E-state index contributed by atoms with van der Waals surface area (Å²) >= 11 is 0. The van der Waals surface area contributed by atoms with Crippen molar-refractivity contribution < 1.29 is 14.7 Å². The van der Waals surface area contributed by atoms with Crippen molar-refractivity contribution in [1.29, 1.82) is 0 Å². The molecule has 182 valence electrons. The maximum Gasteiger partial charge on any atom is 0.404 e. The van der Waals surface area contributed by atoms with Crippen LogP contribution in [0.1, 0.15) is 66.9 Å². The maximum atomic E-state index is 13.1. The number of carbonyl (C=O) groups is 2. The summed E-state index contributed by atoms with van der Waals surface area (Å²) in [4.78, 5) is 31.3. The van der Waals surface area contributed by atoms with Crippen LogP contribution in [0, 0.1) is 0 Å². The van der Waals surface area contributed by atoms with Gasteiger partial charge in [-0.25, -0.2) is 9.78 Å². The van der Waals surface area contributed by atoms with E-state index in [9.17, 15) is 9.59 Å². The second kappa shape index (κ2) is 11.8. The Morgan fingerprint density at radius 3 is 2.41 bits per heavy atom. The predicted molar refractivity (Wildman–Crippen MR) is 133 cm³/mol. The summed E-state index contributed by atoms with van der Waals surface area (Å²) in [7, 11) is 0. The number of hydrogen-bond acceptors (Lipinski definition) is 5. The molecule has 8 heteroatoms. The molecule has 2 fully saturated rings. The van der Waals surface area contributed by atoms with Gasteiger partial charge in [-0.3, -0.25) is 4.79 Å². The molecule has 0 unspecified atom stereocenters. The number of carbonyl (C=O) groups excluding carboxylic acids is 1. The lowest BCUT2D eigenvalue weighted by Gasteiger charge is -2.28. The number of hydrogen-bond donors (Lipinski definition) is 4. The van der Waals surface area contributed by atoms with Crippen LogP contribution in [0.15, 0.2) is 42.5 Å². The Morgan fingerprint density at radius 1 is 0.971 bits per heavy atom. The molecule has 0 radical (unpaired) electrons. The minimum absolute atomic E-state index is 0.000573. The van der Waals surface area contributed by atoms with Gasteiger partial charge in [-0.05, 0) is 75.9 Å². The van der Waals surface area contributed by atoms with Gasteiger partial charge in [0.15, 0.2) is 0 Å². The van der Waals surface area contributed by atoms with Crippen molar-refractivity contribution in [3.05, 3.63) is 53.7 Å². The summed E-state index contributed by atoms with van der Waals surface area (Å²) < 4.78 is 0. The number of nitrogens with zero attached hydrogens (tertiary/aromatic N) is 2. The normalized spacial score (nSPS) is 20.9. The standard InChI is InChI=1S/C26H35N5O3/c32-25(27-15-18-31-16-5-2-6-17-31)22-13-14-23(19-9-11-21(12-10-19)29-26(33)34)30-24(22)28-20-7-3-1-4-8-20/h1,3-4,7-8,13-14,19,21,29H,2,5-6,9-12,15-18H2,(H,27,32)(H,28,30)(H,33,34)/t19-,21-.